The molecule has 0 atom stereocenters. The van der Waals surface area contributed by atoms with Gasteiger partial charge in [0.05, 0.1) is 0 Å². The molecule has 5 heteroatoms. The minimum absolute atomic E-state index is 0.227. The largest absolute Gasteiger partial charge is 0.370 e. The van der Waals surface area contributed by atoms with E-state index in [0.717, 1.165) is 15.6 Å². The van der Waals surface area contributed by atoms with Crippen molar-refractivity contribution in [2.75, 3.05) is 0 Å². The van der Waals surface area contributed by atoms with E-state index in [2.05, 4.69) is 29.4 Å². The van der Waals surface area contributed by atoms with Crippen molar-refractivity contribution in [3.63, 3.8) is 0 Å². The van der Waals surface area contributed by atoms with E-state index in [1.165, 1.54) is 11.1 Å². The highest BCUT2D eigenvalue weighted by molar-refractivity contribution is 7.17. The topological polar surface area (TPSA) is 81.5 Å². The number of hydrogen-bond acceptors (Lipinski definition) is 2. The molecule has 3 rings (SSSR count). The number of aliphatic imine (C=N–C) groups is 1. The van der Waals surface area contributed by atoms with Gasteiger partial charge in [-0.1, -0.05) is 24.3 Å². The summed E-state index contributed by atoms with van der Waals surface area (Å²) in [5.74, 6) is -0.654. The summed E-state index contributed by atoms with van der Waals surface area (Å²) in [4.78, 5) is 15.6. The van der Waals surface area contributed by atoms with Gasteiger partial charge in [-0.25, -0.2) is 0 Å². The van der Waals surface area contributed by atoms with E-state index in [4.69, 9.17) is 11.5 Å². The minimum Gasteiger partial charge on any atom is -0.370 e. The average Bonchev–Trinajstić information content (AvgIpc) is 2.90. The van der Waals surface area contributed by atoms with Gasteiger partial charge in [-0.3, -0.25) is 4.79 Å². The van der Waals surface area contributed by atoms with Crippen molar-refractivity contribution in [1.82, 2.24) is 0 Å². The number of amides is 1. The van der Waals surface area contributed by atoms with Crippen LogP contribution in [0.25, 0.3) is 21.2 Å². The number of rotatable bonds is 2. The number of carbonyl (C=O) groups is 1. The first-order chi connectivity index (χ1) is 10.6. The zero-order chi connectivity index (χ0) is 15.7. The number of thiophene rings is 1. The predicted octanol–water partition coefficient (Wildman–Crippen LogP) is 3.29. The Labute approximate surface area is 132 Å². The maximum absolute atomic E-state index is 12.0. The quantitative estimate of drug-likeness (QED) is 0.563. The van der Waals surface area contributed by atoms with Gasteiger partial charge in [-0.05, 0) is 41.6 Å². The van der Waals surface area contributed by atoms with Crippen LogP contribution < -0.4 is 11.5 Å². The van der Waals surface area contributed by atoms with Gasteiger partial charge in [0.1, 0.15) is 0 Å². The Morgan fingerprint density at radius 2 is 1.86 bits per heavy atom. The van der Waals surface area contributed by atoms with Crippen molar-refractivity contribution in [2.45, 2.75) is 6.92 Å². The predicted molar refractivity (Wildman–Crippen MR) is 92.1 cm³/mol. The summed E-state index contributed by atoms with van der Waals surface area (Å²) in [5, 5.41) is 3.15. The van der Waals surface area contributed by atoms with Gasteiger partial charge >= 0.3 is 0 Å². The number of aryl methyl sites for hydroxylation is 1. The molecule has 0 unspecified atom stereocenters. The van der Waals surface area contributed by atoms with Crippen molar-refractivity contribution < 1.29 is 4.79 Å². The Hall–Kier alpha value is -2.66. The van der Waals surface area contributed by atoms with Crippen LogP contribution in [0.15, 0.2) is 52.8 Å². The van der Waals surface area contributed by atoms with E-state index in [9.17, 15) is 4.79 Å². The Balaban J connectivity index is 2.16. The highest BCUT2D eigenvalue weighted by Crippen LogP contribution is 2.36. The lowest BCUT2D eigenvalue weighted by molar-refractivity contribution is 0.100. The lowest BCUT2D eigenvalue weighted by atomic mass is 9.99. The van der Waals surface area contributed by atoms with E-state index in [0.29, 0.717) is 5.56 Å². The Bertz CT molecular complexity index is 892. The van der Waals surface area contributed by atoms with Crippen LogP contribution >= 0.6 is 11.3 Å². The molecule has 0 radical (unpaired) electrons. The molecule has 1 amide bonds. The fraction of sp³-hybridized carbons (Fsp3) is 0.0588. The fourth-order valence-corrected chi connectivity index (χ4v) is 3.37. The van der Waals surface area contributed by atoms with Crippen LogP contribution in [0.5, 0.6) is 0 Å². The molecule has 110 valence electrons. The second-order valence-corrected chi connectivity index (χ2v) is 5.93. The summed E-state index contributed by atoms with van der Waals surface area (Å²) < 4.78 is 1.12. The lowest BCUT2D eigenvalue weighted by Crippen LogP contribution is -2.24. The highest BCUT2D eigenvalue weighted by atomic mass is 32.1. The minimum atomic E-state index is -0.427. The van der Waals surface area contributed by atoms with Crippen LogP contribution in [0, 0.1) is 6.92 Å². The normalized spacial score (nSPS) is 10.6. The second-order valence-electron chi connectivity index (χ2n) is 5.02. The Kier molecular flexibility index (Phi) is 3.65. The molecular weight excluding hydrogens is 294 g/mol. The summed E-state index contributed by atoms with van der Waals surface area (Å²) in [7, 11) is 0. The molecule has 0 bridgehead atoms. The lowest BCUT2D eigenvalue weighted by Gasteiger charge is -2.05. The van der Waals surface area contributed by atoms with Crippen LogP contribution in [0.2, 0.25) is 0 Å². The van der Waals surface area contributed by atoms with Gasteiger partial charge in [-0.2, -0.15) is 4.99 Å². The molecule has 2 aromatic carbocycles. The summed E-state index contributed by atoms with van der Waals surface area (Å²) in [6.07, 6.45) is 0. The molecular formula is C17H15N3OS. The molecule has 1 aromatic heterocycles. The van der Waals surface area contributed by atoms with Crippen LogP contribution in [0.1, 0.15) is 15.9 Å². The van der Waals surface area contributed by atoms with E-state index in [1.54, 1.807) is 17.4 Å². The number of benzene rings is 2. The second kappa shape index (κ2) is 5.61. The SMILES string of the molecule is Cc1ccccc1-c1csc2ccc(C(=O)N=C(N)N)cc12. The molecule has 0 aliphatic rings. The van der Waals surface area contributed by atoms with Crippen LogP contribution in [-0.2, 0) is 0 Å². The summed E-state index contributed by atoms with van der Waals surface area (Å²) >= 11 is 1.66. The average molecular weight is 309 g/mol. The Morgan fingerprint density at radius 1 is 1.09 bits per heavy atom. The Morgan fingerprint density at radius 3 is 2.59 bits per heavy atom. The molecule has 0 saturated carbocycles. The number of guanidine groups is 1. The summed E-state index contributed by atoms with van der Waals surface area (Å²) in [6, 6.07) is 13.7. The number of nitrogens with two attached hydrogens (primary N) is 2. The van der Waals surface area contributed by atoms with E-state index in [-0.39, 0.29) is 5.96 Å². The van der Waals surface area contributed by atoms with Gasteiger partial charge in [0.2, 0.25) is 0 Å². The van der Waals surface area contributed by atoms with Crippen molar-refractivity contribution >= 4 is 33.3 Å². The summed E-state index contributed by atoms with van der Waals surface area (Å²) in [5.41, 5.74) is 14.5. The molecule has 1 heterocycles. The first kappa shape index (κ1) is 14.3. The molecule has 0 fully saturated rings. The third-order valence-corrected chi connectivity index (χ3v) is 4.45. The van der Waals surface area contributed by atoms with E-state index < -0.39 is 5.91 Å². The van der Waals surface area contributed by atoms with Crippen LogP contribution in [0.3, 0.4) is 0 Å². The van der Waals surface area contributed by atoms with Crippen molar-refractivity contribution in [3.05, 3.63) is 59.0 Å². The molecule has 0 aliphatic carbocycles. The fourth-order valence-electron chi connectivity index (χ4n) is 2.43. The van der Waals surface area contributed by atoms with Gasteiger partial charge in [0, 0.05) is 21.2 Å². The molecule has 4 N–H and O–H groups in total. The van der Waals surface area contributed by atoms with Crippen LogP contribution in [0.4, 0.5) is 0 Å². The van der Waals surface area contributed by atoms with Crippen molar-refractivity contribution in [2.24, 2.45) is 16.5 Å². The smallest absolute Gasteiger partial charge is 0.280 e. The van der Waals surface area contributed by atoms with Gasteiger partial charge in [0.15, 0.2) is 5.96 Å². The standard InChI is InChI=1S/C17H15N3OS/c1-10-4-2-3-5-12(10)14-9-22-15-7-6-11(8-13(14)15)16(21)20-17(18)19/h2-9H,1H3,(H4,18,19,20,21). The van der Waals surface area contributed by atoms with Crippen molar-refractivity contribution in [3.8, 4) is 11.1 Å². The van der Waals surface area contributed by atoms with Crippen molar-refractivity contribution in [1.29, 1.82) is 0 Å². The molecule has 4 nitrogen and oxygen atoms in total. The van der Waals surface area contributed by atoms with E-state index >= 15 is 0 Å². The van der Waals surface area contributed by atoms with E-state index in [1.807, 2.05) is 24.3 Å². The maximum Gasteiger partial charge on any atom is 0.280 e. The van der Waals surface area contributed by atoms with Gasteiger partial charge in [0.25, 0.3) is 5.91 Å². The molecule has 22 heavy (non-hydrogen) atoms. The van der Waals surface area contributed by atoms with Crippen LogP contribution in [-0.4, -0.2) is 11.9 Å². The zero-order valence-corrected chi connectivity index (χ0v) is 12.9. The number of nitrogens with zero attached hydrogens (tertiary/aromatic N) is 1. The first-order valence-electron chi connectivity index (χ1n) is 6.77. The third-order valence-electron chi connectivity index (χ3n) is 3.49. The number of hydrogen-bond donors (Lipinski definition) is 2. The zero-order valence-electron chi connectivity index (χ0n) is 12.0. The van der Waals surface area contributed by atoms with Gasteiger partial charge < -0.3 is 11.5 Å². The summed E-state index contributed by atoms with van der Waals surface area (Å²) in [6.45, 7) is 2.08. The number of carbonyl (C=O) groups excluding carboxylic acids is 1. The third kappa shape index (κ3) is 2.58. The highest BCUT2D eigenvalue weighted by Gasteiger charge is 2.12. The number of fused-ring (bicyclic) bond motifs is 1. The first-order valence-corrected chi connectivity index (χ1v) is 7.65. The molecule has 0 spiro atoms. The molecule has 0 aliphatic heterocycles. The monoisotopic (exact) mass is 309 g/mol. The van der Waals surface area contributed by atoms with Gasteiger partial charge in [-0.15, -0.1) is 11.3 Å². The maximum atomic E-state index is 12.0. The molecule has 0 saturated heterocycles. The molecule has 3 aromatic rings.